The first-order valence-corrected chi connectivity index (χ1v) is 21.0. The zero-order chi connectivity index (χ0) is 33.6. The van der Waals surface area contributed by atoms with E-state index in [1.807, 2.05) is 0 Å². The van der Waals surface area contributed by atoms with Gasteiger partial charge >= 0.3 is 11.9 Å². The number of esters is 2. The van der Waals surface area contributed by atoms with Gasteiger partial charge in [0.25, 0.3) is 0 Å². The fraction of sp³-hybridized carbons (Fsp3) is 0.952. The molecule has 0 aliphatic heterocycles. The largest absolute Gasteiger partial charge is 0.425 e. The number of hydrogen-bond donors (Lipinski definition) is 0. The highest BCUT2D eigenvalue weighted by molar-refractivity contribution is 5.71. The van der Waals surface area contributed by atoms with Crippen molar-refractivity contribution < 1.29 is 19.1 Å². The van der Waals surface area contributed by atoms with Crippen LogP contribution in [-0.2, 0) is 19.1 Å². The van der Waals surface area contributed by atoms with Gasteiger partial charge in [0.2, 0.25) is 6.29 Å². The van der Waals surface area contributed by atoms with Crippen molar-refractivity contribution in [2.75, 3.05) is 0 Å². The van der Waals surface area contributed by atoms with Crippen LogP contribution in [0.1, 0.15) is 252 Å². The van der Waals surface area contributed by atoms with E-state index in [9.17, 15) is 9.59 Å². The molecule has 0 atom stereocenters. The summed E-state index contributed by atoms with van der Waals surface area (Å²) in [5.41, 5.74) is 0. The molecule has 0 amide bonds. The van der Waals surface area contributed by atoms with Gasteiger partial charge in [-0.05, 0) is 19.3 Å². The van der Waals surface area contributed by atoms with Crippen molar-refractivity contribution in [1.29, 1.82) is 0 Å². The molecule has 0 aromatic heterocycles. The molecule has 0 saturated carbocycles. The van der Waals surface area contributed by atoms with Gasteiger partial charge < -0.3 is 9.47 Å². The van der Waals surface area contributed by atoms with E-state index in [1.165, 1.54) is 167 Å². The van der Waals surface area contributed by atoms with Crippen molar-refractivity contribution in [2.45, 2.75) is 258 Å². The lowest BCUT2D eigenvalue weighted by atomic mass is 10.0. The molecule has 0 radical (unpaired) electrons. The molecule has 0 aromatic rings. The van der Waals surface area contributed by atoms with Gasteiger partial charge in [-0.1, -0.05) is 213 Å². The van der Waals surface area contributed by atoms with Crippen LogP contribution in [0.2, 0.25) is 0 Å². The highest BCUT2D eigenvalue weighted by Crippen LogP contribution is 2.17. The molecule has 0 rings (SSSR count). The highest BCUT2D eigenvalue weighted by atomic mass is 16.7. The Bertz CT molecular complexity index is 571. The van der Waals surface area contributed by atoms with Crippen molar-refractivity contribution in [1.82, 2.24) is 0 Å². The third-order valence-electron chi connectivity index (χ3n) is 9.54. The molecule has 0 fully saturated rings. The first-order valence-electron chi connectivity index (χ1n) is 21.0. The fourth-order valence-electron chi connectivity index (χ4n) is 6.40. The van der Waals surface area contributed by atoms with Gasteiger partial charge in [-0.3, -0.25) is 9.59 Å². The standard InChI is InChI=1S/C42H82O4/c1-4-7-10-12-14-16-18-20-22-24-26-28-30-32-35-37-40(43)45-42(39-34-9-6-3)46-41(44)38-36-33-31-29-27-25-23-21-19-17-15-13-11-8-5-2/h42H,4-39H2,1-3H3. The Morgan fingerprint density at radius 3 is 0.804 bits per heavy atom. The topological polar surface area (TPSA) is 52.6 Å². The number of hydrogen-bond acceptors (Lipinski definition) is 4. The molecule has 0 aliphatic carbocycles. The minimum Gasteiger partial charge on any atom is -0.425 e. The van der Waals surface area contributed by atoms with Crippen LogP contribution in [0.5, 0.6) is 0 Å². The van der Waals surface area contributed by atoms with Crippen molar-refractivity contribution in [3.8, 4) is 0 Å². The number of unbranched alkanes of at least 4 members (excludes halogenated alkanes) is 30. The van der Waals surface area contributed by atoms with Crippen molar-refractivity contribution in [3.05, 3.63) is 0 Å². The maximum atomic E-state index is 12.5. The molecule has 0 saturated heterocycles. The summed E-state index contributed by atoms with van der Waals surface area (Å²) in [6.45, 7) is 6.71. The van der Waals surface area contributed by atoms with Crippen molar-refractivity contribution >= 4 is 11.9 Å². The van der Waals surface area contributed by atoms with E-state index in [0.29, 0.717) is 19.3 Å². The molecule has 0 heterocycles. The van der Waals surface area contributed by atoms with Gasteiger partial charge in [-0.25, -0.2) is 0 Å². The molecule has 0 aromatic carbocycles. The lowest BCUT2D eigenvalue weighted by Crippen LogP contribution is -2.24. The van der Waals surface area contributed by atoms with Gasteiger partial charge in [-0.15, -0.1) is 0 Å². The van der Waals surface area contributed by atoms with Crippen LogP contribution in [0.4, 0.5) is 0 Å². The molecule has 0 bridgehead atoms. The number of carbonyl (C=O) groups excluding carboxylic acids is 2. The summed E-state index contributed by atoms with van der Waals surface area (Å²) >= 11 is 0. The maximum absolute atomic E-state index is 12.5. The average molecular weight is 651 g/mol. The Labute approximate surface area is 288 Å². The lowest BCUT2D eigenvalue weighted by Gasteiger charge is -2.18. The summed E-state index contributed by atoms with van der Waals surface area (Å²) in [5.74, 6) is -0.424. The molecule has 0 N–H and O–H groups in total. The highest BCUT2D eigenvalue weighted by Gasteiger charge is 2.18. The maximum Gasteiger partial charge on any atom is 0.308 e. The lowest BCUT2D eigenvalue weighted by molar-refractivity contribution is -0.189. The summed E-state index contributed by atoms with van der Waals surface area (Å²) < 4.78 is 11.3. The Balaban J connectivity index is 3.78. The van der Waals surface area contributed by atoms with Crippen LogP contribution >= 0.6 is 0 Å². The third kappa shape index (κ3) is 35.8. The van der Waals surface area contributed by atoms with Crippen LogP contribution in [0, 0.1) is 0 Å². The SMILES string of the molecule is CCCCCCCCCCCCCCCCCC(=O)OC(CCCCC)OC(=O)CCCCCCCCCCCCCCCCC. The molecular formula is C42H82O4. The quantitative estimate of drug-likeness (QED) is 0.0379. The molecule has 4 nitrogen and oxygen atoms in total. The second-order valence-electron chi connectivity index (χ2n) is 14.3. The first-order chi connectivity index (χ1) is 22.6. The van der Waals surface area contributed by atoms with Crippen LogP contribution in [0.3, 0.4) is 0 Å². The minimum absolute atomic E-state index is 0.212. The van der Waals surface area contributed by atoms with Gasteiger partial charge in [-0.2, -0.15) is 0 Å². The normalized spacial score (nSPS) is 11.4. The van der Waals surface area contributed by atoms with Gasteiger partial charge in [0, 0.05) is 19.3 Å². The van der Waals surface area contributed by atoms with E-state index >= 15 is 0 Å². The van der Waals surface area contributed by atoms with E-state index in [0.717, 1.165) is 44.9 Å². The Morgan fingerprint density at radius 2 is 0.543 bits per heavy atom. The predicted octanol–water partition coefficient (Wildman–Crippen LogP) is 14.5. The summed E-state index contributed by atoms with van der Waals surface area (Å²) in [5, 5.41) is 0. The fourth-order valence-corrected chi connectivity index (χ4v) is 6.40. The van der Waals surface area contributed by atoms with Crippen LogP contribution in [0.15, 0.2) is 0 Å². The zero-order valence-corrected chi connectivity index (χ0v) is 31.7. The predicted molar refractivity (Wildman–Crippen MR) is 199 cm³/mol. The first kappa shape index (κ1) is 44.9. The van der Waals surface area contributed by atoms with Gasteiger partial charge in [0.05, 0.1) is 0 Å². The monoisotopic (exact) mass is 651 g/mol. The van der Waals surface area contributed by atoms with E-state index in [2.05, 4.69) is 20.8 Å². The van der Waals surface area contributed by atoms with Crippen LogP contribution in [0.25, 0.3) is 0 Å². The Morgan fingerprint density at radius 1 is 0.326 bits per heavy atom. The van der Waals surface area contributed by atoms with Crippen LogP contribution in [-0.4, -0.2) is 18.2 Å². The van der Waals surface area contributed by atoms with Crippen LogP contribution < -0.4 is 0 Å². The smallest absolute Gasteiger partial charge is 0.308 e. The molecule has 4 heteroatoms. The second kappa shape index (κ2) is 38.4. The summed E-state index contributed by atoms with van der Waals surface area (Å²) in [7, 11) is 0. The minimum atomic E-state index is -0.709. The van der Waals surface area contributed by atoms with E-state index in [4.69, 9.17) is 9.47 Å². The molecular weight excluding hydrogens is 568 g/mol. The Hall–Kier alpha value is -1.06. The van der Waals surface area contributed by atoms with Gasteiger partial charge in [0.15, 0.2) is 0 Å². The summed E-state index contributed by atoms with van der Waals surface area (Å²) in [6.07, 6.45) is 43.1. The number of ether oxygens (including phenoxy) is 2. The van der Waals surface area contributed by atoms with E-state index < -0.39 is 6.29 Å². The molecule has 46 heavy (non-hydrogen) atoms. The van der Waals surface area contributed by atoms with E-state index in [-0.39, 0.29) is 11.9 Å². The Kier molecular flexibility index (Phi) is 37.5. The third-order valence-corrected chi connectivity index (χ3v) is 9.54. The zero-order valence-electron chi connectivity index (χ0n) is 31.7. The van der Waals surface area contributed by atoms with Crippen molar-refractivity contribution in [3.63, 3.8) is 0 Å². The molecule has 0 spiro atoms. The molecule has 0 aliphatic rings. The van der Waals surface area contributed by atoms with Gasteiger partial charge in [0.1, 0.15) is 0 Å². The summed E-state index contributed by atoms with van der Waals surface area (Å²) in [4.78, 5) is 25.0. The van der Waals surface area contributed by atoms with E-state index in [1.54, 1.807) is 0 Å². The number of rotatable bonds is 38. The molecule has 0 unspecified atom stereocenters. The number of carbonyl (C=O) groups is 2. The average Bonchev–Trinajstić information content (AvgIpc) is 3.04. The summed E-state index contributed by atoms with van der Waals surface area (Å²) in [6, 6.07) is 0. The van der Waals surface area contributed by atoms with Crippen molar-refractivity contribution in [2.24, 2.45) is 0 Å². The molecule has 274 valence electrons. The second-order valence-corrected chi connectivity index (χ2v) is 14.3.